The fraction of sp³-hybridized carbons (Fsp3) is 0.214. The van der Waals surface area contributed by atoms with Gasteiger partial charge in [0.05, 0.1) is 13.7 Å². The van der Waals surface area contributed by atoms with Crippen LogP contribution in [0, 0.1) is 0 Å². The fourth-order valence-electron chi connectivity index (χ4n) is 1.74. The molecule has 0 spiro atoms. The monoisotopic (exact) mass is 261 g/mol. The van der Waals surface area contributed by atoms with Crippen molar-refractivity contribution in [3.63, 3.8) is 0 Å². The van der Waals surface area contributed by atoms with E-state index in [0.717, 1.165) is 11.5 Å². The first-order valence-corrected chi connectivity index (χ1v) is 5.86. The molecule has 5 heteroatoms. The van der Waals surface area contributed by atoms with Gasteiger partial charge in [0.25, 0.3) is 0 Å². The summed E-state index contributed by atoms with van der Waals surface area (Å²) in [4.78, 5) is 10.9. The number of benzene rings is 1. The van der Waals surface area contributed by atoms with Crippen molar-refractivity contribution in [2.24, 2.45) is 0 Å². The highest BCUT2D eigenvalue weighted by Crippen LogP contribution is 2.17. The molecule has 2 aromatic rings. The second-order valence-electron chi connectivity index (χ2n) is 3.92. The molecule has 100 valence electrons. The molecular weight excluding hydrogens is 246 g/mol. The predicted octanol–water partition coefficient (Wildman–Crippen LogP) is 2.27. The van der Waals surface area contributed by atoms with E-state index < -0.39 is 5.97 Å². The Morgan fingerprint density at radius 2 is 1.89 bits per heavy atom. The molecule has 2 rings (SSSR count). The smallest absolute Gasteiger partial charge is 0.352 e. The topological polar surface area (TPSA) is 60.7 Å². The minimum Gasteiger partial charge on any atom is -0.497 e. The number of hydrogen-bond acceptors (Lipinski definition) is 3. The first kappa shape index (κ1) is 13.0. The summed E-state index contributed by atoms with van der Waals surface area (Å²) in [6.07, 6.45) is 1.72. The predicted molar refractivity (Wildman–Crippen MR) is 69.9 cm³/mol. The number of nitrogens with zero attached hydrogens (tertiary/aromatic N) is 1. The minimum atomic E-state index is -0.936. The Bertz CT molecular complexity index is 545. The van der Waals surface area contributed by atoms with Gasteiger partial charge in [-0.1, -0.05) is 0 Å². The lowest BCUT2D eigenvalue weighted by atomic mass is 10.3. The molecule has 1 aromatic heterocycles. The molecular formula is C14H15NO4. The lowest BCUT2D eigenvalue weighted by molar-refractivity contribution is 0.0684. The zero-order valence-corrected chi connectivity index (χ0v) is 10.6. The van der Waals surface area contributed by atoms with Crippen molar-refractivity contribution in [3.8, 4) is 11.5 Å². The minimum absolute atomic E-state index is 0.262. The molecule has 0 atom stereocenters. The van der Waals surface area contributed by atoms with Gasteiger partial charge in [-0.3, -0.25) is 0 Å². The van der Waals surface area contributed by atoms with Crippen LogP contribution in [-0.2, 0) is 6.54 Å². The first-order valence-electron chi connectivity index (χ1n) is 5.86. The quantitative estimate of drug-likeness (QED) is 0.866. The Labute approximate surface area is 111 Å². The molecule has 1 aromatic carbocycles. The molecule has 0 saturated carbocycles. The van der Waals surface area contributed by atoms with Gasteiger partial charge in [-0.2, -0.15) is 0 Å². The van der Waals surface area contributed by atoms with Crippen LogP contribution >= 0.6 is 0 Å². The zero-order chi connectivity index (χ0) is 13.7. The molecule has 0 aliphatic carbocycles. The lowest BCUT2D eigenvalue weighted by Gasteiger charge is -2.09. The molecule has 0 fully saturated rings. The van der Waals surface area contributed by atoms with Gasteiger partial charge < -0.3 is 19.1 Å². The molecule has 19 heavy (non-hydrogen) atoms. The molecule has 0 aliphatic heterocycles. The van der Waals surface area contributed by atoms with Crippen LogP contribution in [0.1, 0.15) is 10.5 Å². The van der Waals surface area contributed by atoms with Crippen molar-refractivity contribution in [2.75, 3.05) is 13.7 Å². The summed E-state index contributed by atoms with van der Waals surface area (Å²) in [5.74, 6) is 0.560. The van der Waals surface area contributed by atoms with E-state index >= 15 is 0 Å². The average Bonchev–Trinajstić information content (AvgIpc) is 2.88. The summed E-state index contributed by atoms with van der Waals surface area (Å²) in [6.45, 7) is 0.891. The van der Waals surface area contributed by atoms with Gasteiger partial charge >= 0.3 is 5.97 Å². The van der Waals surface area contributed by atoms with Crippen LogP contribution in [0.15, 0.2) is 42.6 Å². The molecule has 0 saturated heterocycles. The third kappa shape index (κ3) is 3.28. The van der Waals surface area contributed by atoms with Crippen LogP contribution in [0.25, 0.3) is 0 Å². The van der Waals surface area contributed by atoms with Crippen LogP contribution in [0.4, 0.5) is 0 Å². The van der Waals surface area contributed by atoms with Gasteiger partial charge in [-0.15, -0.1) is 0 Å². The number of carboxylic acids is 1. The summed E-state index contributed by atoms with van der Waals surface area (Å²) in [6, 6.07) is 10.5. The van der Waals surface area contributed by atoms with Gasteiger partial charge in [0.15, 0.2) is 0 Å². The Morgan fingerprint density at radius 1 is 1.21 bits per heavy atom. The Hall–Kier alpha value is -2.43. The summed E-state index contributed by atoms with van der Waals surface area (Å²) in [5, 5.41) is 8.95. The highest BCUT2D eigenvalue weighted by Gasteiger charge is 2.07. The molecule has 0 aliphatic rings. The molecule has 0 amide bonds. The summed E-state index contributed by atoms with van der Waals surface area (Å²) < 4.78 is 12.2. The highest BCUT2D eigenvalue weighted by atomic mass is 16.5. The van der Waals surface area contributed by atoms with E-state index in [1.807, 2.05) is 24.3 Å². The molecule has 0 bridgehead atoms. The third-order valence-electron chi connectivity index (χ3n) is 2.71. The molecule has 5 nitrogen and oxygen atoms in total. The standard InChI is InChI=1S/C14H15NO4/c1-18-11-4-6-12(7-5-11)19-10-9-15-8-2-3-13(15)14(16)17/h2-8H,9-10H2,1H3,(H,16,17). The van der Waals surface area contributed by atoms with E-state index in [-0.39, 0.29) is 5.69 Å². The van der Waals surface area contributed by atoms with Crippen LogP contribution in [-0.4, -0.2) is 29.4 Å². The first-order chi connectivity index (χ1) is 9.20. The van der Waals surface area contributed by atoms with Crippen molar-refractivity contribution in [1.29, 1.82) is 0 Å². The Balaban J connectivity index is 1.89. The maximum absolute atomic E-state index is 10.9. The fourth-order valence-corrected chi connectivity index (χ4v) is 1.74. The van der Waals surface area contributed by atoms with E-state index in [1.54, 1.807) is 30.0 Å². The number of rotatable bonds is 6. The SMILES string of the molecule is COc1ccc(OCCn2cccc2C(=O)O)cc1. The van der Waals surface area contributed by atoms with Gasteiger partial charge in [-0.25, -0.2) is 4.79 Å². The Kier molecular flexibility index (Phi) is 4.07. The van der Waals surface area contributed by atoms with Gasteiger partial charge in [-0.05, 0) is 36.4 Å². The third-order valence-corrected chi connectivity index (χ3v) is 2.71. The molecule has 1 N–H and O–H groups in total. The molecule has 0 unspecified atom stereocenters. The largest absolute Gasteiger partial charge is 0.497 e. The molecule has 0 radical (unpaired) electrons. The van der Waals surface area contributed by atoms with Gasteiger partial charge in [0.1, 0.15) is 23.8 Å². The average molecular weight is 261 g/mol. The van der Waals surface area contributed by atoms with Gasteiger partial charge in [0.2, 0.25) is 0 Å². The van der Waals surface area contributed by atoms with Crippen molar-refractivity contribution >= 4 is 5.97 Å². The summed E-state index contributed by atoms with van der Waals surface area (Å²) >= 11 is 0. The second kappa shape index (κ2) is 5.95. The van der Waals surface area contributed by atoms with Crippen molar-refractivity contribution in [2.45, 2.75) is 6.54 Å². The van der Waals surface area contributed by atoms with E-state index in [1.165, 1.54) is 0 Å². The number of aromatic carboxylic acids is 1. The lowest BCUT2D eigenvalue weighted by Crippen LogP contribution is -2.12. The van der Waals surface area contributed by atoms with Crippen LogP contribution in [0.5, 0.6) is 11.5 Å². The number of carbonyl (C=O) groups is 1. The summed E-state index contributed by atoms with van der Waals surface area (Å²) in [5.41, 5.74) is 0.262. The number of hydrogen-bond donors (Lipinski definition) is 1. The number of ether oxygens (including phenoxy) is 2. The number of carboxylic acid groups (broad SMARTS) is 1. The number of aromatic nitrogens is 1. The second-order valence-corrected chi connectivity index (χ2v) is 3.92. The van der Waals surface area contributed by atoms with Crippen LogP contribution in [0.2, 0.25) is 0 Å². The van der Waals surface area contributed by atoms with Crippen molar-refractivity contribution < 1.29 is 19.4 Å². The van der Waals surface area contributed by atoms with E-state index in [9.17, 15) is 4.79 Å². The summed E-state index contributed by atoms with van der Waals surface area (Å²) in [7, 11) is 1.61. The van der Waals surface area contributed by atoms with E-state index in [2.05, 4.69) is 0 Å². The van der Waals surface area contributed by atoms with Crippen molar-refractivity contribution in [1.82, 2.24) is 4.57 Å². The van der Waals surface area contributed by atoms with Crippen LogP contribution in [0.3, 0.4) is 0 Å². The number of methoxy groups -OCH3 is 1. The normalized spacial score (nSPS) is 10.2. The maximum Gasteiger partial charge on any atom is 0.352 e. The van der Waals surface area contributed by atoms with Gasteiger partial charge in [0, 0.05) is 6.20 Å². The maximum atomic E-state index is 10.9. The zero-order valence-electron chi connectivity index (χ0n) is 10.6. The van der Waals surface area contributed by atoms with Crippen LogP contribution < -0.4 is 9.47 Å². The van der Waals surface area contributed by atoms with E-state index in [0.29, 0.717) is 13.2 Å². The van der Waals surface area contributed by atoms with E-state index in [4.69, 9.17) is 14.6 Å². The highest BCUT2D eigenvalue weighted by molar-refractivity contribution is 5.85. The van der Waals surface area contributed by atoms with Crippen molar-refractivity contribution in [3.05, 3.63) is 48.3 Å². The molecule has 1 heterocycles. The Morgan fingerprint density at radius 3 is 2.53 bits per heavy atom.